The summed E-state index contributed by atoms with van der Waals surface area (Å²) in [5.74, 6) is 2.10. The van der Waals surface area contributed by atoms with Gasteiger partial charge in [0.15, 0.2) is 22.5 Å². The zero-order valence-corrected chi connectivity index (χ0v) is 22.3. The standard InChI is InChI=1S/C29H30N4O3S/c1-19-5-12-23(13-6-19)33-27(20-7-9-21(10-8-20)29(2,3)4)31-32-28(33)37-18-26(34)30-22-11-14-24-25(17-22)36-16-15-35-24/h5-14,17H,15-16,18H2,1-4H3,(H,30,34). The maximum atomic E-state index is 12.8. The number of carbonyl (C=O) groups is 1. The second-order valence-electron chi connectivity index (χ2n) is 10.00. The maximum absolute atomic E-state index is 12.8. The number of benzene rings is 3. The molecule has 0 saturated heterocycles. The minimum Gasteiger partial charge on any atom is -0.486 e. The number of aromatic nitrogens is 3. The molecule has 0 unspecified atom stereocenters. The van der Waals surface area contributed by atoms with Gasteiger partial charge in [0.25, 0.3) is 0 Å². The third-order valence-electron chi connectivity index (χ3n) is 6.09. The first-order valence-corrected chi connectivity index (χ1v) is 13.2. The van der Waals surface area contributed by atoms with Crippen LogP contribution in [0.25, 0.3) is 17.1 Å². The number of hydrogen-bond acceptors (Lipinski definition) is 6. The summed E-state index contributed by atoms with van der Waals surface area (Å²) in [7, 11) is 0. The monoisotopic (exact) mass is 514 g/mol. The SMILES string of the molecule is Cc1ccc(-n2c(SCC(=O)Nc3ccc4c(c3)OCCO4)nnc2-c2ccc(C(C)(C)C)cc2)cc1. The number of amides is 1. The van der Waals surface area contributed by atoms with E-state index in [1.54, 1.807) is 6.07 Å². The first kappa shape index (κ1) is 24.9. The highest BCUT2D eigenvalue weighted by molar-refractivity contribution is 7.99. The molecular weight excluding hydrogens is 484 g/mol. The molecule has 0 bridgehead atoms. The Balaban J connectivity index is 1.37. The van der Waals surface area contributed by atoms with Crippen LogP contribution in [0.15, 0.2) is 71.9 Å². The van der Waals surface area contributed by atoms with E-state index in [4.69, 9.17) is 9.47 Å². The number of aryl methyl sites for hydroxylation is 1. The van der Waals surface area contributed by atoms with E-state index >= 15 is 0 Å². The van der Waals surface area contributed by atoms with Gasteiger partial charge in [0.1, 0.15) is 13.2 Å². The average Bonchev–Trinajstić information content (AvgIpc) is 3.31. The Kier molecular flexibility index (Phi) is 6.93. The van der Waals surface area contributed by atoms with Gasteiger partial charge in [0.2, 0.25) is 5.91 Å². The molecule has 0 saturated carbocycles. The van der Waals surface area contributed by atoms with Crippen molar-refractivity contribution in [1.82, 2.24) is 14.8 Å². The number of nitrogens with zero attached hydrogens (tertiary/aromatic N) is 3. The predicted octanol–water partition coefficient (Wildman–Crippen LogP) is 6.04. The molecule has 1 aliphatic rings. The molecule has 37 heavy (non-hydrogen) atoms. The highest BCUT2D eigenvalue weighted by Crippen LogP contribution is 2.33. The molecule has 4 aromatic rings. The number of fused-ring (bicyclic) bond motifs is 1. The lowest BCUT2D eigenvalue weighted by atomic mass is 9.87. The minimum atomic E-state index is -0.142. The van der Waals surface area contributed by atoms with Crippen LogP contribution in [-0.4, -0.2) is 39.6 Å². The van der Waals surface area contributed by atoms with Crippen molar-refractivity contribution < 1.29 is 14.3 Å². The fraction of sp³-hybridized carbons (Fsp3) is 0.276. The van der Waals surface area contributed by atoms with Gasteiger partial charge in [-0.15, -0.1) is 10.2 Å². The quantitative estimate of drug-likeness (QED) is 0.316. The van der Waals surface area contributed by atoms with Gasteiger partial charge in [0.05, 0.1) is 5.75 Å². The largest absolute Gasteiger partial charge is 0.486 e. The Morgan fingerprint density at radius 3 is 2.35 bits per heavy atom. The van der Waals surface area contributed by atoms with Gasteiger partial charge in [-0.1, -0.05) is 74.5 Å². The molecule has 7 nitrogen and oxygen atoms in total. The highest BCUT2D eigenvalue weighted by Gasteiger charge is 2.19. The van der Waals surface area contributed by atoms with Crippen LogP contribution in [0.2, 0.25) is 0 Å². The Labute approximate surface area is 221 Å². The van der Waals surface area contributed by atoms with Crippen molar-refractivity contribution in [1.29, 1.82) is 0 Å². The van der Waals surface area contributed by atoms with Gasteiger partial charge in [-0.3, -0.25) is 9.36 Å². The Bertz CT molecular complexity index is 1410. The molecule has 0 fully saturated rings. The molecule has 1 aromatic heterocycles. The Morgan fingerprint density at radius 1 is 0.946 bits per heavy atom. The van der Waals surface area contributed by atoms with Crippen LogP contribution in [0.1, 0.15) is 31.9 Å². The Hall–Kier alpha value is -3.78. The number of nitrogens with one attached hydrogen (secondary N) is 1. The van der Waals surface area contributed by atoms with Crippen LogP contribution in [0.3, 0.4) is 0 Å². The lowest BCUT2D eigenvalue weighted by molar-refractivity contribution is -0.113. The number of carbonyl (C=O) groups excluding carboxylic acids is 1. The lowest BCUT2D eigenvalue weighted by Crippen LogP contribution is -2.17. The van der Waals surface area contributed by atoms with Gasteiger partial charge in [-0.05, 0) is 42.2 Å². The fourth-order valence-electron chi connectivity index (χ4n) is 4.04. The van der Waals surface area contributed by atoms with Crippen molar-refractivity contribution in [3.05, 3.63) is 77.9 Å². The highest BCUT2D eigenvalue weighted by atomic mass is 32.2. The van der Waals surface area contributed by atoms with Crippen LogP contribution in [-0.2, 0) is 10.2 Å². The molecule has 190 valence electrons. The van der Waals surface area contributed by atoms with Crippen LogP contribution < -0.4 is 14.8 Å². The van der Waals surface area contributed by atoms with E-state index in [2.05, 4.69) is 79.6 Å². The number of hydrogen-bond donors (Lipinski definition) is 1. The van der Waals surface area contributed by atoms with Crippen molar-refractivity contribution in [3.63, 3.8) is 0 Å². The molecule has 3 aromatic carbocycles. The van der Waals surface area contributed by atoms with Crippen LogP contribution in [0, 0.1) is 6.92 Å². The molecular formula is C29H30N4O3S. The number of thioether (sulfide) groups is 1. The first-order chi connectivity index (χ1) is 17.8. The topological polar surface area (TPSA) is 78.3 Å². The zero-order valence-electron chi connectivity index (χ0n) is 21.4. The van der Waals surface area contributed by atoms with Crippen molar-refractivity contribution in [3.8, 4) is 28.6 Å². The fourth-order valence-corrected chi connectivity index (χ4v) is 4.80. The van der Waals surface area contributed by atoms with Crippen LogP contribution >= 0.6 is 11.8 Å². The summed E-state index contributed by atoms with van der Waals surface area (Å²) in [6.07, 6.45) is 0. The summed E-state index contributed by atoms with van der Waals surface area (Å²) >= 11 is 1.35. The van der Waals surface area contributed by atoms with E-state index in [0.717, 1.165) is 17.1 Å². The molecule has 1 N–H and O–H groups in total. The second-order valence-corrected chi connectivity index (χ2v) is 10.9. The molecule has 1 amide bonds. The summed E-state index contributed by atoms with van der Waals surface area (Å²) in [5, 5.41) is 12.6. The van der Waals surface area contributed by atoms with Gasteiger partial charge in [0, 0.05) is 23.0 Å². The van der Waals surface area contributed by atoms with Gasteiger partial charge in [-0.2, -0.15) is 0 Å². The Morgan fingerprint density at radius 2 is 1.65 bits per heavy atom. The maximum Gasteiger partial charge on any atom is 0.234 e. The third-order valence-corrected chi connectivity index (χ3v) is 7.02. The molecule has 8 heteroatoms. The molecule has 1 aliphatic heterocycles. The van der Waals surface area contributed by atoms with E-state index in [1.807, 2.05) is 28.8 Å². The zero-order chi connectivity index (χ0) is 26.0. The van der Waals surface area contributed by atoms with Crippen molar-refractivity contribution in [2.45, 2.75) is 38.3 Å². The smallest absolute Gasteiger partial charge is 0.234 e. The van der Waals surface area contributed by atoms with Crippen molar-refractivity contribution in [2.75, 3.05) is 24.3 Å². The van der Waals surface area contributed by atoms with Crippen LogP contribution in [0.4, 0.5) is 5.69 Å². The van der Waals surface area contributed by atoms with Crippen molar-refractivity contribution >= 4 is 23.4 Å². The summed E-state index contributed by atoms with van der Waals surface area (Å²) in [6, 6.07) is 22.1. The summed E-state index contributed by atoms with van der Waals surface area (Å²) < 4.78 is 13.2. The van der Waals surface area contributed by atoms with Crippen LogP contribution in [0.5, 0.6) is 11.5 Å². The molecule has 0 spiro atoms. The van der Waals surface area contributed by atoms with E-state index < -0.39 is 0 Å². The van der Waals surface area contributed by atoms with Gasteiger partial charge < -0.3 is 14.8 Å². The van der Waals surface area contributed by atoms with E-state index in [9.17, 15) is 4.79 Å². The van der Waals surface area contributed by atoms with Gasteiger partial charge >= 0.3 is 0 Å². The normalized spacial score (nSPS) is 12.9. The summed E-state index contributed by atoms with van der Waals surface area (Å²) in [5.41, 5.74) is 5.06. The van der Waals surface area contributed by atoms with E-state index in [0.29, 0.717) is 35.6 Å². The molecule has 0 aliphatic carbocycles. The number of rotatable bonds is 6. The van der Waals surface area contributed by atoms with Crippen molar-refractivity contribution in [2.24, 2.45) is 0 Å². The summed E-state index contributed by atoms with van der Waals surface area (Å²) in [4.78, 5) is 12.8. The second kappa shape index (κ2) is 10.3. The number of ether oxygens (including phenoxy) is 2. The lowest BCUT2D eigenvalue weighted by Gasteiger charge is -2.19. The first-order valence-electron chi connectivity index (χ1n) is 12.2. The van der Waals surface area contributed by atoms with E-state index in [-0.39, 0.29) is 17.1 Å². The summed E-state index contributed by atoms with van der Waals surface area (Å²) in [6.45, 7) is 9.67. The third kappa shape index (κ3) is 5.64. The van der Waals surface area contributed by atoms with E-state index in [1.165, 1.54) is 22.9 Å². The van der Waals surface area contributed by atoms with Gasteiger partial charge in [-0.25, -0.2) is 0 Å². The minimum absolute atomic E-state index is 0.0642. The molecule has 0 radical (unpaired) electrons. The number of anilines is 1. The molecule has 2 heterocycles. The average molecular weight is 515 g/mol. The predicted molar refractivity (Wildman–Crippen MR) is 147 cm³/mol. The molecule has 5 rings (SSSR count). The molecule has 0 atom stereocenters.